The van der Waals surface area contributed by atoms with Crippen LogP contribution in [0.5, 0.6) is 5.75 Å². The van der Waals surface area contributed by atoms with Crippen molar-refractivity contribution in [1.82, 2.24) is 15.0 Å². The predicted molar refractivity (Wildman–Crippen MR) is 93.0 cm³/mol. The van der Waals surface area contributed by atoms with Crippen LogP contribution in [0.1, 0.15) is 41.8 Å². The molecule has 1 aliphatic carbocycles. The van der Waals surface area contributed by atoms with Gasteiger partial charge in [0, 0.05) is 13.5 Å². The van der Waals surface area contributed by atoms with Crippen molar-refractivity contribution >= 4 is 5.91 Å². The maximum absolute atomic E-state index is 13.3. The van der Waals surface area contributed by atoms with E-state index in [2.05, 4.69) is 10.1 Å². The quantitative estimate of drug-likeness (QED) is 0.836. The number of carbonyl (C=O) groups excluding carboxylic acids is 1. The first-order valence-electron chi connectivity index (χ1n) is 8.90. The molecule has 2 aromatic rings. The molecule has 1 saturated carbocycles. The maximum Gasteiger partial charge on any atom is 0.233 e. The number of rotatable bonds is 4. The first-order chi connectivity index (χ1) is 12.5. The standard InChI is InChI=1S/C19H23N3O4/c1-12-4-5-14(10-15(12)24-3)19(6-7-19)18(23)22-8-9-25-16(11-22)17-20-13(2)26-21-17/h4-5,10,16H,6-9,11H2,1-3H3. The molecule has 4 rings (SSSR count). The van der Waals surface area contributed by atoms with E-state index >= 15 is 0 Å². The zero-order valence-electron chi connectivity index (χ0n) is 15.3. The summed E-state index contributed by atoms with van der Waals surface area (Å²) in [5, 5.41) is 3.94. The molecule has 26 heavy (non-hydrogen) atoms. The van der Waals surface area contributed by atoms with Crippen LogP contribution in [0.3, 0.4) is 0 Å². The van der Waals surface area contributed by atoms with Gasteiger partial charge >= 0.3 is 0 Å². The van der Waals surface area contributed by atoms with Crippen LogP contribution in [-0.2, 0) is 14.9 Å². The zero-order valence-corrected chi connectivity index (χ0v) is 15.3. The number of ether oxygens (including phenoxy) is 2. The van der Waals surface area contributed by atoms with E-state index in [1.807, 2.05) is 30.0 Å². The molecule has 1 atom stereocenters. The van der Waals surface area contributed by atoms with Gasteiger partial charge in [-0.2, -0.15) is 4.98 Å². The molecule has 2 fully saturated rings. The summed E-state index contributed by atoms with van der Waals surface area (Å²) in [4.78, 5) is 19.4. The monoisotopic (exact) mass is 357 g/mol. The highest BCUT2D eigenvalue weighted by atomic mass is 16.5. The largest absolute Gasteiger partial charge is 0.496 e. The van der Waals surface area contributed by atoms with Gasteiger partial charge in [0.1, 0.15) is 11.9 Å². The maximum atomic E-state index is 13.3. The number of carbonyl (C=O) groups is 1. The van der Waals surface area contributed by atoms with Gasteiger partial charge in [0.05, 0.1) is 25.7 Å². The van der Waals surface area contributed by atoms with Crippen LogP contribution in [0.25, 0.3) is 0 Å². The van der Waals surface area contributed by atoms with Gasteiger partial charge in [-0.3, -0.25) is 4.79 Å². The minimum atomic E-state index is -0.434. The summed E-state index contributed by atoms with van der Waals surface area (Å²) < 4.78 is 16.2. The number of benzene rings is 1. The van der Waals surface area contributed by atoms with Crippen LogP contribution in [0.4, 0.5) is 0 Å². The molecule has 1 unspecified atom stereocenters. The Hall–Kier alpha value is -2.41. The molecule has 7 heteroatoms. The van der Waals surface area contributed by atoms with Crippen molar-refractivity contribution in [1.29, 1.82) is 0 Å². The summed E-state index contributed by atoms with van der Waals surface area (Å²) in [6.45, 7) is 5.24. The number of hydrogen-bond acceptors (Lipinski definition) is 6. The normalized spacial score (nSPS) is 21.5. The molecule has 0 spiro atoms. The van der Waals surface area contributed by atoms with Crippen LogP contribution in [0, 0.1) is 13.8 Å². The van der Waals surface area contributed by atoms with Gasteiger partial charge in [0.25, 0.3) is 0 Å². The molecule has 0 N–H and O–H groups in total. The van der Waals surface area contributed by atoms with E-state index in [0.29, 0.717) is 31.4 Å². The number of methoxy groups -OCH3 is 1. The third-order valence-electron chi connectivity index (χ3n) is 5.30. The average molecular weight is 357 g/mol. The molecular formula is C19H23N3O4. The van der Waals surface area contributed by atoms with Crippen molar-refractivity contribution in [2.75, 3.05) is 26.8 Å². The highest BCUT2D eigenvalue weighted by molar-refractivity contribution is 5.91. The summed E-state index contributed by atoms with van der Waals surface area (Å²) in [5.41, 5.74) is 1.66. The molecule has 7 nitrogen and oxygen atoms in total. The van der Waals surface area contributed by atoms with Gasteiger partial charge in [-0.1, -0.05) is 17.3 Å². The minimum Gasteiger partial charge on any atom is -0.496 e. The lowest BCUT2D eigenvalue weighted by Crippen LogP contribution is -2.47. The van der Waals surface area contributed by atoms with Crippen molar-refractivity contribution in [2.24, 2.45) is 0 Å². The number of hydrogen-bond donors (Lipinski definition) is 0. The molecule has 2 heterocycles. The number of amides is 1. The van der Waals surface area contributed by atoms with Crippen LogP contribution in [0.2, 0.25) is 0 Å². The van der Waals surface area contributed by atoms with E-state index in [4.69, 9.17) is 14.0 Å². The lowest BCUT2D eigenvalue weighted by atomic mass is 9.92. The van der Waals surface area contributed by atoms with Gasteiger partial charge < -0.3 is 18.9 Å². The fraction of sp³-hybridized carbons (Fsp3) is 0.526. The summed E-state index contributed by atoms with van der Waals surface area (Å²) in [6, 6.07) is 6.07. The minimum absolute atomic E-state index is 0.150. The van der Waals surface area contributed by atoms with E-state index in [0.717, 1.165) is 29.7 Å². The van der Waals surface area contributed by atoms with Gasteiger partial charge in [-0.05, 0) is 37.0 Å². The second-order valence-corrected chi connectivity index (χ2v) is 7.05. The Kier molecular flexibility index (Phi) is 4.19. The van der Waals surface area contributed by atoms with Crippen LogP contribution in [-0.4, -0.2) is 47.8 Å². The van der Waals surface area contributed by atoms with Gasteiger partial charge in [0.15, 0.2) is 0 Å². The molecule has 0 radical (unpaired) electrons. The number of aryl methyl sites for hydroxylation is 2. The molecule has 138 valence electrons. The third kappa shape index (κ3) is 2.86. The van der Waals surface area contributed by atoms with Crippen LogP contribution < -0.4 is 4.74 Å². The Morgan fingerprint density at radius 3 is 2.81 bits per heavy atom. The van der Waals surface area contributed by atoms with E-state index in [-0.39, 0.29) is 12.0 Å². The second-order valence-electron chi connectivity index (χ2n) is 7.05. The molecular weight excluding hydrogens is 334 g/mol. The third-order valence-corrected chi connectivity index (χ3v) is 5.30. The molecule has 1 amide bonds. The van der Waals surface area contributed by atoms with E-state index in [1.54, 1.807) is 14.0 Å². The highest BCUT2D eigenvalue weighted by Crippen LogP contribution is 2.50. The first-order valence-corrected chi connectivity index (χ1v) is 8.90. The second kappa shape index (κ2) is 6.39. The molecule has 1 aromatic heterocycles. The predicted octanol–water partition coefficient (Wildman–Crippen LogP) is 2.33. The van der Waals surface area contributed by atoms with Crippen molar-refractivity contribution in [3.05, 3.63) is 41.0 Å². The number of morpholine rings is 1. The van der Waals surface area contributed by atoms with Crippen molar-refractivity contribution in [2.45, 2.75) is 38.2 Å². The highest BCUT2D eigenvalue weighted by Gasteiger charge is 2.53. The fourth-order valence-electron chi connectivity index (χ4n) is 3.61. The zero-order chi connectivity index (χ0) is 18.3. The molecule has 2 aliphatic rings. The Morgan fingerprint density at radius 1 is 1.35 bits per heavy atom. The Bertz CT molecular complexity index is 828. The summed E-state index contributed by atoms with van der Waals surface area (Å²) in [6.07, 6.45) is 1.39. The summed E-state index contributed by atoms with van der Waals surface area (Å²) >= 11 is 0. The van der Waals surface area contributed by atoms with Gasteiger partial charge in [-0.15, -0.1) is 0 Å². The first kappa shape index (κ1) is 17.0. The van der Waals surface area contributed by atoms with Gasteiger partial charge in [0.2, 0.25) is 17.6 Å². The van der Waals surface area contributed by atoms with Crippen LogP contribution >= 0.6 is 0 Å². The van der Waals surface area contributed by atoms with Gasteiger partial charge in [-0.25, -0.2) is 0 Å². The number of aromatic nitrogens is 2. The Balaban J connectivity index is 1.55. The van der Waals surface area contributed by atoms with Crippen molar-refractivity contribution in [3.8, 4) is 5.75 Å². The van der Waals surface area contributed by atoms with E-state index < -0.39 is 5.41 Å². The lowest BCUT2D eigenvalue weighted by Gasteiger charge is -2.34. The Labute approximate surface area is 152 Å². The van der Waals surface area contributed by atoms with E-state index in [1.165, 1.54) is 0 Å². The topological polar surface area (TPSA) is 77.7 Å². The smallest absolute Gasteiger partial charge is 0.233 e. The molecule has 0 bridgehead atoms. The summed E-state index contributed by atoms with van der Waals surface area (Å²) in [7, 11) is 1.66. The number of nitrogens with zero attached hydrogens (tertiary/aromatic N) is 3. The average Bonchev–Trinajstić information content (AvgIpc) is 3.36. The Morgan fingerprint density at radius 2 is 2.15 bits per heavy atom. The molecule has 1 saturated heterocycles. The summed E-state index contributed by atoms with van der Waals surface area (Å²) in [5.74, 6) is 1.97. The lowest BCUT2D eigenvalue weighted by molar-refractivity contribution is -0.142. The molecule has 1 aliphatic heterocycles. The SMILES string of the molecule is COc1cc(C2(C(=O)N3CCOC(c4noc(C)n4)C3)CC2)ccc1C. The fourth-order valence-corrected chi connectivity index (χ4v) is 3.61. The van der Waals surface area contributed by atoms with Crippen molar-refractivity contribution in [3.63, 3.8) is 0 Å². The molecule has 1 aromatic carbocycles. The van der Waals surface area contributed by atoms with Crippen molar-refractivity contribution < 1.29 is 18.8 Å². The van der Waals surface area contributed by atoms with E-state index in [9.17, 15) is 4.79 Å². The van der Waals surface area contributed by atoms with Crippen LogP contribution in [0.15, 0.2) is 22.7 Å².